The predicted molar refractivity (Wildman–Crippen MR) is 58.1 cm³/mol. The molecule has 0 unspecified atom stereocenters. The lowest BCUT2D eigenvalue weighted by atomic mass is 10.1. The maximum atomic E-state index is 11.2. The van der Waals surface area contributed by atoms with Crippen molar-refractivity contribution in [2.45, 2.75) is 20.3 Å². The molecule has 1 aromatic carbocycles. The summed E-state index contributed by atoms with van der Waals surface area (Å²) in [5.41, 5.74) is 0.761. The minimum atomic E-state index is -0.381. The number of carbonyl (C=O) groups excluding carboxylic acids is 2. The summed E-state index contributed by atoms with van der Waals surface area (Å²) in [6, 6.07) is 6.82. The molecule has 0 heterocycles. The van der Waals surface area contributed by atoms with Gasteiger partial charge < -0.3 is 9.47 Å². The van der Waals surface area contributed by atoms with Crippen LogP contribution < -0.4 is 4.74 Å². The van der Waals surface area contributed by atoms with Gasteiger partial charge >= 0.3 is 11.9 Å². The van der Waals surface area contributed by atoms with Crippen LogP contribution in [0.5, 0.6) is 5.75 Å². The Morgan fingerprint density at radius 3 is 2.69 bits per heavy atom. The summed E-state index contributed by atoms with van der Waals surface area (Å²) in [5.74, 6) is -0.231. The van der Waals surface area contributed by atoms with Crippen LogP contribution in [0.1, 0.15) is 19.4 Å². The smallest absolute Gasteiger partial charge is 0.310 e. The standard InChI is InChI=1S/C12H14O4/c1-3-15-12(14)8-10-5-4-6-11(7-10)16-9(2)13/h4-7H,3,8H2,1-2H3. The van der Waals surface area contributed by atoms with Crippen molar-refractivity contribution in [2.75, 3.05) is 6.61 Å². The van der Waals surface area contributed by atoms with Gasteiger partial charge in [0.1, 0.15) is 5.75 Å². The Morgan fingerprint density at radius 2 is 2.06 bits per heavy atom. The Balaban J connectivity index is 2.67. The number of hydrogen-bond acceptors (Lipinski definition) is 4. The SMILES string of the molecule is CCOC(=O)Cc1cccc(OC(C)=O)c1. The van der Waals surface area contributed by atoms with E-state index in [9.17, 15) is 9.59 Å². The summed E-state index contributed by atoms with van der Waals surface area (Å²) >= 11 is 0. The molecule has 4 heteroatoms. The molecule has 86 valence electrons. The second-order valence-corrected chi connectivity index (χ2v) is 3.22. The normalized spacial score (nSPS) is 9.62. The summed E-state index contributed by atoms with van der Waals surface area (Å²) in [6.07, 6.45) is 0.183. The number of carbonyl (C=O) groups is 2. The van der Waals surface area contributed by atoms with Crippen LogP contribution in [-0.4, -0.2) is 18.5 Å². The van der Waals surface area contributed by atoms with E-state index in [0.717, 1.165) is 5.56 Å². The van der Waals surface area contributed by atoms with Gasteiger partial charge in [-0.1, -0.05) is 12.1 Å². The van der Waals surface area contributed by atoms with E-state index in [1.807, 2.05) is 0 Å². The predicted octanol–water partition coefficient (Wildman–Crippen LogP) is 1.72. The first kappa shape index (κ1) is 12.2. The number of esters is 2. The van der Waals surface area contributed by atoms with Gasteiger partial charge in [0, 0.05) is 6.92 Å². The van der Waals surface area contributed by atoms with E-state index < -0.39 is 0 Å². The zero-order valence-electron chi connectivity index (χ0n) is 9.36. The van der Waals surface area contributed by atoms with Crippen LogP contribution >= 0.6 is 0 Å². The van der Waals surface area contributed by atoms with Crippen LogP contribution in [-0.2, 0) is 20.7 Å². The van der Waals surface area contributed by atoms with Crippen molar-refractivity contribution in [3.63, 3.8) is 0 Å². The van der Waals surface area contributed by atoms with Crippen LogP contribution in [0.25, 0.3) is 0 Å². The van der Waals surface area contributed by atoms with Gasteiger partial charge in [-0.2, -0.15) is 0 Å². The summed E-state index contributed by atoms with van der Waals surface area (Å²) in [4.78, 5) is 22.0. The zero-order valence-corrected chi connectivity index (χ0v) is 9.36. The molecule has 0 spiro atoms. The number of benzene rings is 1. The third-order valence-electron chi connectivity index (χ3n) is 1.81. The van der Waals surface area contributed by atoms with E-state index in [2.05, 4.69) is 0 Å². The molecule has 0 aliphatic rings. The number of ether oxygens (including phenoxy) is 2. The fourth-order valence-electron chi connectivity index (χ4n) is 1.26. The van der Waals surface area contributed by atoms with Crippen molar-refractivity contribution in [3.05, 3.63) is 29.8 Å². The highest BCUT2D eigenvalue weighted by Crippen LogP contribution is 2.14. The van der Waals surface area contributed by atoms with Gasteiger partial charge in [0.2, 0.25) is 0 Å². The van der Waals surface area contributed by atoms with E-state index in [1.165, 1.54) is 6.92 Å². The van der Waals surface area contributed by atoms with Gasteiger partial charge in [-0.05, 0) is 24.6 Å². The average molecular weight is 222 g/mol. The summed E-state index contributed by atoms with van der Waals surface area (Å²) in [6.45, 7) is 3.45. The molecule has 0 radical (unpaired) electrons. The maximum Gasteiger partial charge on any atom is 0.310 e. The van der Waals surface area contributed by atoms with E-state index in [1.54, 1.807) is 31.2 Å². The van der Waals surface area contributed by atoms with Crippen molar-refractivity contribution in [1.82, 2.24) is 0 Å². The first-order valence-electron chi connectivity index (χ1n) is 5.04. The monoisotopic (exact) mass is 222 g/mol. The third kappa shape index (κ3) is 4.13. The van der Waals surface area contributed by atoms with Gasteiger partial charge in [-0.3, -0.25) is 9.59 Å². The molecule has 0 atom stereocenters. The molecule has 0 N–H and O–H groups in total. The summed E-state index contributed by atoms with van der Waals surface area (Å²) < 4.78 is 9.73. The van der Waals surface area contributed by atoms with Crippen LogP contribution in [0.15, 0.2) is 24.3 Å². The molecule has 4 nitrogen and oxygen atoms in total. The lowest BCUT2D eigenvalue weighted by Gasteiger charge is -2.04. The van der Waals surface area contributed by atoms with E-state index in [-0.39, 0.29) is 18.4 Å². The molecule has 0 saturated heterocycles. The molecular formula is C12H14O4. The molecule has 0 bridgehead atoms. The van der Waals surface area contributed by atoms with Crippen LogP contribution in [0.3, 0.4) is 0 Å². The van der Waals surface area contributed by atoms with Crippen molar-refractivity contribution in [3.8, 4) is 5.75 Å². The quantitative estimate of drug-likeness (QED) is 0.575. The number of hydrogen-bond donors (Lipinski definition) is 0. The topological polar surface area (TPSA) is 52.6 Å². The maximum absolute atomic E-state index is 11.2. The highest BCUT2D eigenvalue weighted by molar-refractivity contribution is 5.73. The Labute approximate surface area is 94.2 Å². The molecule has 16 heavy (non-hydrogen) atoms. The Hall–Kier alpha value is -1.84. The largest absolute Gasteiger partial charge is 0.466 e. The lowest BCUT2D eigenvalue weighted by molar-refractivity contribution is -0.142. The van der Waals surface area contributed by atoms with Gasteiger partial charge in [0.05, 0.1) is 13.0 Å². The first-order valence-corrected chi connectivity index (χ1v) is 5.04. The second-order valence-electron chi connectivity index (χ2n) is 3.22. The Kier molecular flexibility index (Phi) is 4.51. The fourth-order valence-corrected chi connectivity index (χ4v) is 1.26. The minimum absolute atomic E-state index is 0.183. The van der Waals surface area contributed by atoms with E-state index in [4.69, 9.17) is 9.47 Å². The highest BCUT2D eigenvalue weighted by atomic mass is 16.5. The molecular weight excluding hydrogens is 208 g/mol. The molecule has 0 saturated carbocycles. The molecule has 0 aliphatic heterocycles. The van der Waals surface area contributed by atoms with Crippen molar-refractivity contribution in [1.29, 1.82) is 0 Å². The van der Waals surface area contributed by atoms with Crippen molar-refractivity contribution in [2.24, 2.45) is 0 Å². The zero-order chi connectivity index (χ0) is 12.0. The molecule has 0 aliphatic carbocycles. The lowest BCUT2D eigenvalue weighted by Crippen LogP contribution is -2.08. The van der Waals surface area contributed by atoms with Crippen molar-refractivity contribution < 1.29 is 19.1 Å². The molecule has 1 rings (SSSR count). The fraction of sp³-hybridized carbons (Fsp3) is 0.333. The molecule has 0 fully saturated rings. The van der Waals surface area contributed by atoms with Crippen LogP contribution in [0, 0.1) is 0 Å². The highest BCUT2D eigenvalue weighted by Gasteiger charge is 2.05. The average Bonchev–Trinajstić information content (AvgIpc) is 2.17. The van der Waals surface area contributed by atoms with Gasteiger partial charge in [0.25, 0.3) is 0 Å². The molecule has 1 aromatic rings. The van der Waals surface area contributed by atoms with Gasteiger partial charge in [-0.15, -0.1) is 0 Å². The van der Waals surface area contributed by atoms with Crippen molar-refractivity contribution >= 4 is 11.9 Å². The summed E-state index contributed by atoms with van der Waals surface area (Å²) in [7, 11) is 0. The molecule has 0 amide bonds. The van der Waals surface area contributed by atoms with E-state index >= 15 is 0 Å². The van der Waals surface area contributed by atoms with Gasteiger partial charge in [0.15, 0.2) is 0 Å². The number of rotatable bonds is 4. The van der Waals surface area contributed by atoms with Crippen LogP contribution in [0.4, 0.5) is 0 Å². The molecule has 0 aromatic heterocycles. The second kappa shape index (κ2) is 5.90. The Morgan fingerprint density at radius 1 is 1.31 bits per heavy atom. The summed E-state index contributed by atoms with van der Waals surface area (Å²) in [5, 5.41) is 0. The first-order chi connectivity index (χ1) is 7.61. The Bertz CT molecular complexity index is 384. The van der Waals surface area contributed by atoms with Crippen LogP contribution in [0.2, 0.25) is 0 Å². The minimum Gasteiger partial charge on any atom is -0.466 e. The van der Waals surface area contributed by atoms with E-state index in [0.29, 0.717) is 12.4 Å². The third-order valence-corrected chi connectivity index (χ3v) is 1.81. The van der Waals surface area contributed by atoms with Gasteiger partial charge in [-0.25, -0.2) is 0 Å².